The minimum absolute atomic E-state index is 0.779. The highest BCUT2D eigenvalue weighted by atomic mass is 15.0. The highest BCUT2D eigenvalue weighted by molar-refractivity contribution is 5.06. The van der Waals surface area contributed by atoms with Crippen molar-refractivity contribution in [1.29, 1.82) is 0 Å². The van der Waals surface area contributed by atoms with Gasteiger partial charge in [0, 0.05) is 12.1 Å². The summed E-state index contributed by atoms with van der Waals surface area (Å²) < 4.78 is 0. The minimum atomic E-state index is 0.779. The average Bonchev–Trinajstić information content (AvgIpc) is 2.74. The Kier molecular flexibility index (Phi) is 2.12. The van der Waals surface area contributed by atoms with Gasteiger partial charge in [-0.2, -0.15) is 0 Å². The fraction of sp³-hybridized carbons (Fsp3) is 1.00. The van der Waals surface area contributed by atoms with E-state index in [0.29, 0.717) is 0 Å². The predicted octanol–water partition coefficient (Wildman–Crippen LogP) is 3.10. The first kappa shape index (κ1) is 9.21. The molecule has 1 spiro atoms. The lowest BCUT2D eigenvalue weighted by molar-refractivity contribution is 0.0704. The van der Waals surface area contributed by atoms with Crippen molar-refractivity contribution in [2.45, 2.75) is 70.4 Å². The number of hydrogen-bond acceptors (Lipinski definition) is 1. The van der Waals surface area contributed by atoms with Gasteiger partial charge < -0.3 is 5.32 Å². The van der Waals surface area contributed by atoms with Gasteiger partial charge in [-0.15, -0.1) is 0 Å². The molecule has 1 heteroatoms. The molecule has 3 rings (SSSR count). The Hall–Kier alpha value is -0.0400. The maximum atomic E-state index is 3.92. The summed E-state index contributed by atoms with van der Waals surface area (Å²) in [5.41, 5.74) is 0.779. The average molecular weight is 193 g/mol. The summed E-state index contributed by atoms with van der Waals surface area (Å²) in [4.78, 5) is 0. The molecule has 0 aliphatic heterocycles. The van der Waals surface area contributed by atoms with E-state index >= 15 is 0 Å². The molecule has 80 valence electrons. The third-order valence-corrected chi connectivity index (χ3v) is 5.13. The quantitative estimate of drug-likeness (QED) is 0.726. The van der Waals surface area contributed by atoms with Crippen molar-refractivity contribution in [3.8, 4) is 0 Å². The van der Waals surface area contributed by atoms with Crippen LogP contribution in [0.2, 0.25) is 0 Å². The Morgan fingerprint density at radius 2 is 2.00 bits per heavy atom. The third-order valence-electron chi connectivity index (χ3n) is 5.13. The molecule has 0 bridgehead atoms. The standard InChI is InChI=1S/C13H23N/c1-2-10-9-11(10)14-12-5-8-13(12)6-3-4-7-13/h10-12,14H,2-9H2,1H3. The first-order chi connectivity index (χ1) is 6.84. The maximum absolute atomic E-state index is 3.92. The third kappa shape index (κ3) is 1.32. The first-order valence-electron chi connectivity index (χ1n) is 6.60. The Labute approximate surface area is 87.7 Å². The van der Waals surface area contributed by atoms with E-state index in [1.54, 1.807) is 0 Å². The Bertz CT molecular complexity index is 217. The van der Waals surface area contributed by atoms with Crippen LogP contribution in [-0.2, 0) is 0 Å². The zero-order valence-electron chi connectivity index (χ0n) is 9.39. The van der Waals surface area contributed by atoms with Gasteiger partial charge in [0.1, 0.15) is 0 Å². The van der Waals surface area contributed by atoms with E-state index in [-0.39, 0.29) is 0 Å². The van der Waals surface area contributed by atoms with Crippen LogP contribution in [0.5, 0.6) is 0 Å². The molecule has 0 heterocycles. The summed E-state index contributed by atoms with van der Waals surface area (Å²) in [6.45, 7) is 2.33. The molecule has 3 fully saturated rings. The molecule has 0 aromatic rings. The SMILES string of the molecule is CCC1CC1NC1CCC12CCCC2. The van der Waals surface area contributed by atoms with E-state index in [1.165, 1.54) is 51.4 Å². The molecular formula is C13H23N. The molecule has 14 heavy (non-hydrogen) atoms. The van der Waals surface area contributed by atoms with Gasteiger partial charge in [-0.3, -0.25) is 0 Å². The highest BCUT2D eigenvalue weighted by Crippen LogP contribution is 2.54. The molecule has 0 saturated heterocycles. The number of hydrogen-bond donors (Lipinski definition) is 1. The van der Waals surface area contributed by atoms with Gasteiger partial charge in [-0.25, -0.2) is 0 Å². The van der Waals surface area contributed by atoms with Crippen molar-refractivity contribution in [2.24, 2.45) is 11.3 Å². The van der Waals surface area contributed by atoms with Crippen LogP contribution in [0.4, 0.5) is 0 Å². The molecular weight excluding hydrogens is 170 g/mol. The highest BCUT2D eigenvalue weighted by Gasteiger charge is 2.50. The topological polar surface area (TPSA) is 12.0 Å². The normalized spacial score (nSPS) is 43.9. The monoisotopic (exact) mass is 193 g/mol. The van der Waals surface area contributed by atoms with Gasteiger partial charge in [-0.1, -0.05) is 26.2 Å². The lowest BCUT2D eigenvalue weighted by atomic mass is 9.63. The molecule has 0 amide bonds. The van der Waals surface area contributed by atoms with Gasteiger partial charge >= 0.3 is 0 Å². The van der Waals surface area contributed by atoms with E-state index in [1.807, 2.05) is 0 Å². The molecule has 3 aliphatic rings. The zero-order chi connectivity index (χ0) is 9.60. The number of rotatable bonds is 3. The predicted molar refractivity (Wildman–Crippen MR) is 59.2 cm³/mol. The fourth-order valence-corrected chi connectivity index (χ4v) is 3.80. The van der Waals surface area contributed by atoms with Crippen LogP contribution < -0.4 is 5.32 Å². The first-order valence-corrected chi connectivity index (χ1v) is 6.60. The second kappa shape index (κ2) is 3.23. The van der Waals surface area contributed by atoms with Gasteiger partial charge in [0.05, 0.1) is 0 Å². The molecule has 0 radical (unpaired) electrons. The molecule has 1 N–H and O–H groups in total. The summed E-state index contributed by atoms with van der Waals surface area (Å²) in [7, 11) is 0. The van der Waals surface area contributed by atoms with E-state index in [4.69, 9.17) is 0 Å². The molecule has 1 nitrogen and oxygen atoms in total. The summed E-state index contributed by atoms with van der Waals surface area (Å²) in [5.74, 6) is 1.02. The molecule has 0 aromatic carbocycles. The van der Waals surface area contributed by atoms with Crippen molar-refractivity contribution >= 4 is 0 Å². The van der Waals surface area contributed by atoms with Gasteiger partial charge in [0.25, 0.3) is 0 Å². The minimum Gasteiger partial charge on any atom is -0.310 e. The van der Waals surface area contributed by atoms with E-state index in [2.05, 4.69) is 12.2 Å². The van der Waals surface area contributed by atoms with Crippen LogP contribution in [0.25, 0.3) is 0 Å². The fourth-order valence-electron chi connectivity index (χ4n) is 3.80. The summed E-state index contributed by atoms with van der Waals surface area (Å²) >= 11 is 0. The Morgan fingerprint density at radius 3 is 2.50 bits per heavy atom. The summed E-state index contributed by atoms with van der Waals surface area (Å²) in [5, 5.41) is 3.92. The van der Waals surface area contributed by atoms with Crippen LogP contribution in [0.1, 0.15) is 58.3 Å². The van der Waals surface area contributed by atoms with E-state index in [9.17, 15) is 0 Å². The second-order valence-electron chi connectivity index (χ2n) is 5.84. The molecule has 3 atom stereocenters. The molecule has 0 aromatic heterocycles. The van der Waals surface area contributed by atoms with Crippen LogP contribution >= 0.6 is 0 Å². The number of nitrogens with one attached hydrogen (secondary N) is 1. The lowest BCUT2D eigenvalue weighted by Crippen LogP contribution is -2.53. The van der Waals surface area contributed by atoms with Gasteiger partial charge in [0.15, 0.2) is 0 Å². The van der Waals surface area contributed by atoms with Gasteiger partial charge in [0.2, 0.25) is 0 Å². The van der Waals surface area contributed by atoms with Crippen LogP contribution in [0.15, 0.2) is 0 Å². The van der Waals surface area contributed by atoms with Crippen LogP contribution in [0.3, 0.4) is 0 Å². The summed E-state index contributed by atoms with van der Waals surface area (Å²) in [6, 6.07) is 1.81. The van der Waals surface area contributed by atoms with E-state index in [0.717, 1.165) is 23.4 Å². The molecule has 3 aliphatic carbocycles. The largest absolute Gasteiger partial charge is 0.310 e. The zero-order valence-corrected chi connectivity index (χ0v) is 9.39. The van der Waals surface area contributed by atoms with Crippen molar-refractivity contribution in [1.82, 2.24) is 5.32 Å². The van der Waals surface area contributed by atoms with Crippen molar-refractivity contribution in [2.75, 3.05) is 0 Å². The van der Waals surface area contributed by atoms with Crippen LogP contribution in [0, 0.1) is 11.3 Å². The second-order valence-corrected chi connectivity index (χ2v) is 5.84. The smallest absolute Gasteiger partial charge is 0.0126 e. The lowest BCUT2D eigenvalue weighted by Gasteiger charge is -2.48. The van der Waals surface area contributed by atoms with Gasteiger partial charge in [-0.05, 0) is 43.4 Å². The molecule has 3 unspecified atom stereocenters. The molecule has 3 saturated carbocycles. The van der Waals surface area contributed by atoms with Crippen molar-refractivity contribution in [3.05, 3.63) is 0 Å². The Balaban J connectivity index is 1.54. The van der Waals surface area contributed by atoms with Crippen molar-refractivity contribution < 1.29 is 0 Å². The van der Waals surface area contributed by atoms with E-state index < -0.39 is 0 Å². The maximum Gasteiger partial charge on any atom is 0.0126 e. The van der Waals surface area contributed by atoms with Crippen LogP contribution in [-0.4, -0.2) is 12.1 Å². The van der Waals surface area contributed by atoms with Crippen molar-refractivity contribution in [3.63, 3.8) is 0 Å². The summed E-state index contributed by atoms with van der Waals surface area (Å²) in [6.07, 6.45) is 11.9. The Morgan fingerprint density at radius 1 is 1.21 bits per heavy atom.